The van der Waals surface area contributed by atoms with Crippen LogP contribution in [0.3, 0.4) is 0 Å². The summed E-state index contributed by atoms with van der Waals surface area (Å²) in [4.78, 5) is 60.1. The van der Waals surface area contributed by atoms with Crippen molar-refractivity contribution in [1.29, 1.82) is 0 Å². The van der Waals surface area contributed by atoms with Gasteiger partial charge >= 0.3 is 0 Å². The molecule has 1 saturated heterocycles. The van der Waals surface area contributed by atoms with Gasteiger partial charge in [-0.3, -0.25) is 24.1 Å². The lowest BCUT2D eigenvalue weighted by molar-refractivity contribution is -0.136. The number of allylic oxidation sites excluding steroid dienone is 5. The molecule has 3 aliphatic carbocycles. The number of amides is 2. The van der Waals surface area contributed by atoms with Gasteiger partial charge in [-0.25, -0.2) is 0 Å². The monoisotopic (exact) mass is 693 g/mol. The smallest absolute Gasteiger partial charge is 0.238 e. The van der Waals surface area contributed by atoms with Gasteiger partial charge in [-0.1, -0.05) is 83.9 Å². The van der Waals surface area contributed by atoms with Crippen LogP contribution in [0.5, 0.6) is 11.5 Å². The van der Waals surface area contributed by atoms with Gasteiger partial charge in [-0.15, -0.1) is 0 Å². The number of Topliss-reactive ketones (excluding diaryl/α,β-unsaturated/α-hetero) is 1. The van der Waals surface area contributed by atoms with E-state index in [9.17, 15) is 14.7 Å². The molecule has 0 spiro atoms. The number of nitrogens with zero attached hydrogens (tertiary/aromatic N) is 1. The van der Waals surface area contributed by atoms with Crippen LogP contribution in [0.1, 0.15) is 29.5 Å². The van der Waals surface area contributed by atoms with Crippen LogP contribution in [0.2, 0.25) is 5.02 Å². The van der Waals surface area contributed by atoms with Crippen molar-refractivity contribution in [2.45, 2.75) is 24.7 Å². The van der Waals surface area contributed by atoms with Crippen LogP contribution in [0, 0.1) is 29.6 Å². The van der Waals surface area contributed by atoms with Crippen molar-refractivity contribution in [3.05, 3.63) is 154 Å². The number of benzene rings is 4. The molecule has 2 amide bonds. The molecular formula is C43H32ClNO6. The van der Waals surface area contributed by atoms with E-state index in [4.69, 9.17) is 16.3 Å². The Balaban J connectivity index is 1.25. The van der Waals surface area contributed by atoms with Gasteiger partial charge < -0.3 is 9.84 Å². The Hall–Kier alpha value is -5.53. The minimum absolute atomic E-state index is 0.0900. The van der Waals surface area contributed by atoms with Crippen molar-refractivity contribution in [3.8, 4) is 11.5 Å². The molecule has 2 aliphatic heterocycles. The minimum Gasteiger partial charge on any atom is -0.508 e. The number of carbonyl (C=O) groups excluding carboxylic acids is 4. The SMILES string of the molecule is O=C1C(c2ccccc2)=CC(=O)[C@@]2(c3ccccc3)[C@@H](C3=COc4ccc(O)cc4C3)C3=CC[C@@H]4C(=O)N(c5ccc(Cl)cc5)C(=O)[C@@H]4[C@@H]3C[C@@H]12. The summed E-state index contributed by atoms with van der Waals surface area (Å²) in [7, 11) is 0. The second kappa shape index (κ2) is 11.8. The fourth-order valence-electron chi connectivity index (χ4n) is 9.53. The topological polar surface area (TPSA) is 101 Å². The molecule has 2 fully saturated rings. The predicted molar refractivity (Wildman–Crippen MR) is 192 cm³/mol. The third-order valence-electron chi connectivity index (χ3n) is 11.6. The highest BCUT2D eigenvalue weighted by atomic mass is 35.5. The summed E-state index contributed by atoms with van der Waals surface area (Å²) in [6, 6.07) is 30.3. The number of halogens is 1. The van der Waals surface area contributed by atoms with Gasteiger partial charge in [0.05, 0.1) is 29.2 Å². The van der Waals surface area contributed by atoms with Gasteiger partial charge in [0.15, 0.2) is 11.6 Å². The van der Waals surface area contributed by atoms with E-state index in [1.807, 2.05) is 66.7 Å². The molecule has 6 atom stereocenters. The molecule has 0 unspecified atom stereocenters. The molecule has 8 heteroatoms. The second-order valence-corrected chi connectivity index (χ2v) is 14.5. The Labute approximate surface area is 299 Å². The van der Waals surface area contributed by atoms with E-state index in [2.05, 4.69) is 0 Å². The standard InChI is InChI=1S/C43H32ClNO6/c44-28-11-13-29(14-12-28)45-41(49)32-17-16-31-34(38(32)42(45)50)21-35-40(48)33(24-7-3-1-4-8-24)22-37(47)43(35,27-9-5-2-6-10-27)39(31)26-19-25-20-30(46)15-18-36(25)51-23-26/h1-16,18,20,22-23,32,34-35,38-39,46H,17,19,21H2/t32-,34+,35-,38-,39-,43-/m0/s1. The Morgan fingerprint density at radius 1 is 0.824 bits per heavy atom. The number of aromatic hydroxyl groups is 1. The number of imide groups is 1. The molecule has 1 N–H and O–H groups in total. The minimum atomic E-state index is -1.35. The summed E-state index contributed by atoms with van der Waals surface area (Å²) in [5.74, 6) is -3.62. The number of phenols is 1. The van der Waals surface area contributed by atoms with Crippen molar-refractivity contribution in [1.82, 2.24) is 0 Å². The maximum atomic E-state index is 15.2. The lowest BCUT2D eigenvalue weighted by Crippen LogP contribution is -2.60. The molecule has 51 heavy (non-hydrogen) atoms. The summed E-state index contributed by atoms with van der Waals surface area (Å²) in [6.07, 6.45) is 6.12. The van der Waals surface area contributed by atoms with Crippen LogP contribution >= 0.6 is 11.6 Å². The molecule has 0 aromatic heterocycles. The van der Waals surface area contributed by atoms with Crippen LogP contribution in [-0.2, 0) is 31.0 Å². The number of phenolic OH excluding ortho intramolecular Hbond substituents is 1. The fourth-order valence-corrected chi connectivity index (χ4v) is 9.66. The van der Waals surface area contributed by atoms with Crippen LogP contribution in [0.4, 0.5) is 5.69 Å². The molecular weight excluding hydrogens is 662 g/mol. The average Bonchev–Trinajstić information content (AvgIpc) is 3.41. The highest BCUT2D eigenvalue weighted by Gasteiger charge is 2.66. The largest absolute Gasteiger partial charge is 0.508 e. The van der Waals surface area contributed by atoms with Crippen molar-refractivity contribution >= 4 is 46.2 Å². The number of ketones is 2. The third kappa shape index (κ3) is 4.64. The lowest BCUT2D eigenvalue weighted by atomic mass is 9.44. The van der Waals surface area contributed by atoms with Gasteiger partial charge in [-0.05, 0) is 84.0 Å². The zero-order valence-electron chi connectivity index (χ0n) is 27.4. The van der Waals surface area contributed by atoms with Crippen molar-refractivity contribution < 1.29 is 29.0 Å². The Morgan fingerprint density at radius 3 is 2.29 bits per heavy atom. The highest BCUT2D eigenvalue weighted by Crippen LogP contribution is 2.63. The van der Waals surface area contributed by atoms with E-state index < -0.39 is 35.0 Å². The van der Waals surface area contributed by atoms with E-state index in [1.54, 1.807) is 48.7 Å². The Morgan fingerprint density at radius 2 is 1.55 bits per heavy atom. The van der Waals surface area contributed by atoms with E-state index in [0.29, 0.717) is 46.0 Å². The molecule has 4 aromatic rings. The number of anilines is 1. The number of rotatable bonds is 4. The Kier molecular flexibility index (Phi) is 7.26. The fraction of sp³-hybridized carbons (Fsp3) is 0.209. The van der Waals surface area contributed by atoms with Crippen LogP contribution < -0.4 is 9.64 Å². The highest BCUT2D eigenvalue weighted by molar-refractivity contribution is 6.32. The van der Waals surface area contributed by atoms with Gasteiger partial charge in [0, 0.05) is 34.4 Å². The Bertz CT molecular complexity index is 2240. The summed E-state index contributed by atoms with van der Waals surface area (Å²) < 4.78 is 6.19. The number of fused-ring (bicyclic) bond motifs is 5. The summed E-state index contributed by atoms with van der Waals surface area (Å²) in [5, 5.41) is 10.9. The van der Waals surface area contributed by atoms with Crippen LogP contribution in [0.25, 0.3) is 5.57 Å². The summed E-state index contributed by atoms with van der Waals surface area (Å²) >= 11 is 6.15. The molecule has 9 rings (SSSR count). The molecule has 0 radical (unpaired) electrons. The predicted octanol–water partition coefficient (Wildman–Crippen LogP) is 7.43. The summed E-state index contributed by atoms with van der Waals surface area (Å²) in [5.41, 5.74) is 3.19. The zero-order chi connectivity index (χ0) is 35.0. The number of ether oxygens (including phenoxy) is 1. The molecule has 5 aliphatic rings. The van der Waals surface area contributed by atoms with Gasteiger partial charge in [-0.2, -0.15) is 0 Å². The van der Waals surface area contributed by atoms with E-state index >= 15 is 9.59 Å². The maximum Gasteiger partial charge on any atom is 0.238 e. The first-order chi connectivity index (χ1) is 24.8. The summed E-state index contributed by atoms with van der Waals surface area (Å²) in [6.45, 7) is 0. The first-order valence-corrected chi connectivity index (χ1v) is 17.6. The van der Waals surface area contributed by atoms with Crippen molar-refractivity contribution in [3.63, 3.8) is 0 Å². The van der Waals surface area contributed by atoms with E-state index in [-0.39, 0.29) is 35.6 Å². The first-order valence-electron chi connectivity index (χ1n) is 17.2. The third-order valence-corrected chi connectivity index (χ3v) is 11.9. The molecule has 2 heterocycles. The quantitative estimate of drug-likeness (QED) is 0.176. The van der Waals surface area contributed by atoms with E-state index in [1.165, 1.54) is 11.0 Å². The maximum absolute atomic E-state index is 15.2. The normalized spacial score (nSPS) is 28.1. The number of carbonyl (C=O) groups is 4. The van der Waals surface area contributed by atoms with E-state index in [0.717, 1.165) is 16.7 Å². The molecule has 4 aromatic carbocycles. The van der Waals surface area contributed by atoms with Gasteiger partial charge in [0.2, 0.25) is 11.8 Å². The number of hydrogen-bond donors (Lipinski definition) is 1. The molecule has 1 saturated carbocycles. The van der Waals surface area contributed by atoms with Crippen LogP contribution in [-0.4, -0.2) is 28.5 Å². The van der Waals surface area contributed by atoms with Gasteiger partial charge in [0.1, 0.15) is 11.5 Å². The number of hydrogen-bond acceptors (Lipinski definition) is 6. The van der Waals surface area contributed by atoms with Gasteiger partial charge in [0.25, 0.3) is 0 Å². The molecule has 7 nitrogen and oxygen atoms in total. The van der Waals surface area contributed by atoms with Crippen LogP contribution in [0.15, 0.2) is 133 Å². The van der Waals surface area contributed by atoms with Crippen molar-refractivity contribution in [2.24, 2.45) is 29.6 Å². The van der Waals surface area contributed by atoms with Crippen molar-refractivity contribution in [2.75, 3.05) is 4.90 Å². The average molecular weight is 694 g/mol. The molecule has 0 bridgehead atoms. The lowest BCUT2D eigenvalue weighted by Gasteiger charge is -2.56. The second-order valence-electron chi connectivity index (χ2n) is 14.1. The first kappa shape index (κ1) is 31.5. The zero-order valence-corrected chi connectivity index (χ0v) is 28.1. The molecule has 252 valence electrons.